The minimum Gasteiger partial charge on any atom is -0.493 e. The lowest BCUT2D eigenvalue weighted by molar-refractivity contribution is 0.0967. The molecule has 2 aliphatic heterocycles. The molecular formula is C6H6O3. The van der Waals surface area contributed by atoms with Crippen LogP contribution in [0.3, 0.4) is 0 Å². The van der Waals surface area contributed by atoms with E-state index in [0.717, 1.165) is 5.76 Å². The fourth-order valence-electron chi connectivity index (χ4n) is 0.798. The molecule has 2 aliphatic rings. The first-order chi connectivity index (χ1) is 4.47. The molecule has 0 unspecified atom stereocenters. The van der Waals surface area contributed by atoms with Crippen molar-refractivity contribution in [2.24, 2.45) is 0 Å². The van der Waals surface area contributed by atoms with E-state index < -0.39 is 0 Å². The number of ether oxygens (including phenoxy) is 3. The van der Waals surface area contributed by atoms with Crippen LogP contribution in [-0.4, -0.2) is 13.4 Å². The molecule has 2 heterocycles. The zero-order chi connectivity index (χ0) is 6.10. The van der Waals surface area contributed by atoms with Crippen LogP contribution in [0.25, 0.3) is 0 Å². The summed E-state index contributed by atoms with van der Waals surface area (Å²) >= 11 is 0. The molecule has 0 aromatic heterocycles. The van der Waals surface area contributed by atoms with Gasteiger partial charge in [-0.3, -0.25) is 0 Å². The van der Waals surface area contributed by atoms with E-state index in [-0.39, 0.29) is 0 Å². The van der Waals surface area contributed by atoms with Gasteiger partial charge < -0.3 is 14.2 Å². The lowest BCUT2D eigenvalue weighted by Gasteiger charge is -2.03. The Bertz CT molecular complexity index is 161. The summed E-state index contributed by atoms with van der Waals surface area (Å²) in [6.07, 6.45) is 3.42. The Morgan fingerprint density at radius 3 is 3.00 bits per heavy atom. The molecule has 1 fully saturated rings. The third-order valence-electron chi connectivity index (χ3n) is 1.23. The maximum absolute atomic E-state index is 5.05. The molecule has 0 atom stereocenters. The van der Waals surface area contributed by atoms with Crippen molar-refractivity contribution in [3.63, 3.8) is 0 Å². The molecule has 0 spiro atoms. The standard InChI is InChI=1S/C6H6O3/c1-2-7-3-6-5(1)8-4-9-6/h1,3H,2,4H2. The van der Waals surface area contributed by atoms with Crippen LogP contribution in [-0.2, 0) is 14.2 Å². The quantitative estimate of drug-likeness (QED) is 0.479. The summed E-state index contributed by atoms with van der Waals surface area (Å²) in [5, 5.41) is 0. The zero-order valence-electron chi connectivity index (χ0n) is 4.79. The highest BCUT2D eigenvalue weighted by atomic mass is 16.7. The van der Waals surface area contributed by atoms with Crippen LogP contribution in [0.4, 0.5) is 0 Å². The van der Waals surface area contributed by atoms with Gasteiger partial charge in [-0.05, 0) is 6.08 Å². The van der Waals surface area contributed by atoms with E-state index in [1.165, 1.54) is 0 Å². The predicted octanol–water partition coefficient (Wildman–Crippen LogP) is 0.746. The van der Waals surface area contributed by atoms with Gasteiger partial charge in [-0.2, -0.15) is 0 Å². The second kappa shape index (κ2) is 1.69. The number of rotatable bonds is 0. The molecule has 3 heteroatoms. The topological polar surface area (TPSA) is 27.7 Å². The maximum atomic E-state index is 5.05. The fraction of sp³-hybridized carbons (Fsp3) is 0.333. The van der Waals surface area contributed by atoms with E-state index in [0.29, 0.717) is 19.2 Å². The number of hydrogen-bond acceptors (Lipinski definition) is 3. The third kappa shape index (κ3) is 0.650. The summed E-state index contributed by atoms with van der Waals surface area (Å²) in [5.74, 6) is 1.52. The largest absolute Gasteiger partial charge is 0.493 e. The fourth-order valence-corrected chi connectivity index (χ4v) is 0.798. The van der Waals surface area contributed by atoms with Crippen LogP contribution >= 0.6 is 0 Å². The van der Waals surface area contributed by atoms with Gasteiger partial charge in [0.25, 0.3) is 0 Å². The summed E-state index contributed by atoms with van der Waals surface area (Å²) in [5.41, 5.74) is 0. The zero-order valence-corrected chi connectivity index (χ0v) is 4.79. The number of fused-ring (bicyclic) bond motifs is 1. The lowest BCUT2D eigenvalue weighted by Crippen LogP contribution is -1.95. The van der Waals surface area contributed by atoms with Crippen LogP contribution in [0.2, 0.25) is 0 Å². The third-order valence-corrected chi connectivity index (χ3v) is 1.23. The highest BCUT2D eigenvalue weighted by molar-refractivity contribution is 5.22. The average molecular weight is 126 g/mol. The van der Waals surface area contributed by atoms with Crippen molar-refractivity contribution < 1.29 is 14.2 Å². The maximum Gasteiger partial charge on any atom is 0.231 e. The van der Waals surface area contributed by atoms with Crippen LogP contribution in [0.15, 0.2) is 23.9 Å². The van der Waals surface area contributed by atoms with Crippen molar-refractivity contribution >= 4 is 0 Å². The molecule has 0 N–H and O–H groups in total. The summed E-state index contributed by atoms with van der Waals surface area (Å²) in [6.45, 7) is 0.906. The molecule has 0 bridgehead atoms. The van der Waals surface area contributed by atoms with Gasteiger partial charge in [0.15, 0.2) is 11.5 Å². The predicted molar refractivity (Wildman–Crippen MR) is 29.2 cm³/mol. The molecule has 0 aromatic rings. The molecule has 1 saturated heterocycles. The van der Waals surface area contributed by atoms with Gasteiger partial charge in [0.2, 0.25) is 6.79 Å². The van der Waals surface area contributed by atoms with Crippen molar-refractivity contribution in [2.45, 2.75) is 0 Å². The highest BCUT2D eigenvalue weighted by Gasteiger charge is 2.18. The SMILES string of the molecule is C1=C2OCOC2=COC1. The second-order valence-corrected chi connectivity index (χ2v) is 1.79. The molecule has 0 aliphatic carbocycles. The molecule has 0 radical (unpaired) electrons. The molecule has 3 nitrogen and oxygen atoms in total. The van der Waals surface area contributed by atoms with Gasteiger partial charge >= 0.3 is 0 Å². The van der Waals surface area contributed by atoms with Gasteiger partial charge in [0, 0.05) is 0 Å². The average Bonchev–Trinajstić information content (AvgIpc) is 2.33. The Kier molecular flexibility index (Phi) is 0.886. The molecule has 0 amide bonds. The minimum atomic E-state index is 0.320. The normalized spacial score (nSPS) is 22.2. The van der Waals surface area contributed by atoms with Crippen LogP contribution in [0.5, 0.6) is 0 Å². The Balaban J connectivity index is 2.30. The van der Waals surface area contributed by atoms with Crippen molar-refractivity contribution in [2.75, 3.05) is 13.4 Å². The summed E-state index contributed by atoms with van der Waals surface area (Å²) in [7, 11) is 0. The van der Waals surface area contributed by atoms with Crippen LogP contribution in [0.1, 0.15) is 0 Å². The Hall–Kier alpha value is -1.12. The van der Waals surface area contributed by atoms with Gasteiger partial charge in [0.1, 0.15) is 12.9 Å². The Morgan fingerprint density at radius 1 is 1.22 bits per heavy atom. The van der Waals surface area contributed by atoms with E-state index in [2.05, 4.69) is 0 Å². The summed E-state index contributed by atoms with van der Waals surface area (Å²) in [4.78, 5) is 0. The first-order valence-corrected chi connectivity index (χ1v) is 2.75. The smallest absolute Gasteiger partial charge is 0.231 e. The summed E-state index contributed by atoms with van der Waals surface area (Å²) < 4.78 is 15.0. The monoisotopic (exact) mass is 126 g/mol. The van der Waals surface area contributed by atoms with E-state index in [4.69, 9.17) is 14.2 Å². The van der Waals surface area contributed by atoms with E-state index >= 15 is 0 Å². The molecule has 0 aromatic carbocycles. The lowest BCUT2D eigenvalue weighted by atomic mass is 10.4. The summed E-state index contributed by atoms with van der Waals surface area (Å²) in [6, 6.07) is 0. The molecule has 2 rings (SSSR count). The van der Waals surface area contributed by atoms with Crippen molar-refractivity contribution in [1.82, 2.24) is 0 Å². The van der Waals surface area contributed by atoms with Crippen molar-refractivity contribution in [3.8, 4) is 0 Å². The van der Waals surface area contributed by atoms with E-state index in [9.17, 15) is 0 Å². The van der Waals surface area contributed by atoms with Gasteiger partial charge in [0.05, 0.1) is 0 Å². The van der Waals surface area contributed by atoms with Gasteiger partial charge in [-0.1, -0.05) is 0 Å². The molecule has 0 saturated carbocycles. The van der Waals surface area contributed by atoms with Crippen LogP contribution < -0.4 is 0 Å². The van der Waals surface area contributed by atoms with Gasteiger partial charge in [-0.15, -0.1) is 0 Å². The van der Waals surface area contributed by atoms with E-state index in [1.54, 1.807) is 6.26 Å². The molecule has 48 valence electrons. The molecule has 9 heavy (non-hydrogen) atoms. The number of hydrogen-bond donors (Lipinski definition) is 0. The Labute approximate surface area is 52.5 Å². The minimum absolute atomic E-state index is 0.320. The first kappa shape index (κ1) is 4.73. The second-order valence-electron chi connectivity index (χ2n) is 1.79. The Morgan fingerprint density at radius 2 is 2.11 bits per heavy atom. The van der Waals surface area contributed by atoms with E-state index in [1.807, 2.05) is 6.08 Å². The van der Waals surface area contributed by atoms with Crippen molar-refractivity contribution in [3.05, 3.63) is 23.9 Å². The van der Waals surface area contributed by atoms with Crippen molar-refractivity contribution in [1.29, 1.82) is 0 Å². The van der Waals surface area contributed by atoms with Gasteiger partial charge in [-0.25, -0.2) is 0 Å². The highest BCUT2D eigenvalue weighted by Crippen LogP contribution is 2.22. The van der Waals surface area contributed by atoms with Crippen LogP contribution in [0, 0.1) is 0 Å². The first-order valence-electron chi connectivity index (χ1n) is 2.75. The molecular weight excluding hydrogens is 120 g/mol.